The van der Waals surface area contributed by atoms with E-state index in [2.05, 4.69) is 12.2 Å². The number of piperidine rings is 1. The molecule has 17 heavy (non-hydrogen) atoms. The molecule has 1 heterocycles. The van der Waals surface area contributed by atoms with Crippen molar-refractivity contribution >= 4 is 0 Å². The molecule has 1 aromatic rings. The van der Waals surface area contributed by atoms with Crippen molar-refractivity contribution in [2.24, 2.45) is 5.92 Å². The van der Waals surface area contributed by atoms with Gasteiger partial charge in [0.05, 0.1) is 5.56 Å². The number of nitrogens with one attached hydrogen (secondary N) is 1. The van der Waals surface area contributed by atoms with Gasteiger partial charge < -0.3 is 5.32 Å². The van der Waals surface area contributed by atoms with Gasteiger partial charge in [-0.05, 0) is 43.0 Å². The first-order valence-corrected chi connectivity index (χ1v) is 5.86. The highest BCUT2D eigenvalue weighted by Gasteiger charge is 2.31. The van der Waals surface area contributed by atoms with Crippen LogP contribution in [0.2, 0.25) is 0 Å². The van der Waals surface area contributed by atoms with Crippen LogP contribution in [0.3, 0.4) is 0 Å². The summed E-state index contributed by atoms with van der Waals surface area (Å²) in [7, 11) is 0. The fraction of sp³-hybridized carbons (Fsp3) is 0.538. The minimum atomic E-state index is -4.24. The van der Waals surface area contributed by atoms with E-state index in [0.29, 0.717) is 5.92 Å². The Morgan fingerprint density at radius 3 is 2.71 bits per heavy atom. The van der Waals surface area contributed by atoms with Crippen molar-refractivity contribution in [3.05, 3.63) is 35.4 Å². The van der Waals surface area contributed by atoms with Crippen molar-refractivity contribution in [2.45, 2.75) is 25.4 Å². The molecule has 1 aliphatic rings. The van der Waals surface area contributed by atoms with Gasteiger partial charge in [0.25, 0.3) is 0 Å². The van der Waals surface area contributed by atoms with Crippen LogP contribution >= 0.6 is 0 Å². The van der Waals surface area contributed by atoms with Crippen molar-refractivity contribution in [3.8, 4) is 0 Å². The highest BCUT2D eigenvalue weighted by Crippen LogP contribution is 2.34. The van der Waals surface area contributed by atoms with Crippen LogP contribution in [-0.4, -0.2) is 13.1 Å². The molecule has 0 aliphatic carbocycles. The van der Waals surface area contributed by atoms with E-state index in [1.807, 2.05) is 6.07 Å². The second kappa shape index (κ2) is 4.69. The van der Waals surface area contributed by atoms with Crippen LogP contribution in [0.1, 0.15) is 30.4 Å². The van der Waals surface area contributed by atoms with Crippen LogP contribution in [0.4, 0.5) is 13.2 Å². The van der Waals surface area contributed by atoms with Gasteiger partial charge in [-0.15, -0.1) is 0 Å². The van der Waals surface area contributed by atoms with E-state index in [-0.39, 0.29) is 5.92 Å². The second-order valence-electron chi connectivity index (χ2n) is 4.70. The van der Waals surface area contributed by atoms with Gasteiger partial charge in [-0.2, -0.15) is 13.2 Å². The summed E-state index contributed by atoms with van der Waals surface area (Å²) in [5.74, 6) is 0.616. The van der Waals surface area contributed by atoms with Crippen LogP contribution < -0.4 is 5.32 Å². The van der Waals surface area contributed by atoms with Gasteiger partial charge in [-0.1, -0.05) is 25.1 Å². The predicted molar refractivity (Wildman–Crippen MR) is 60.8 cm³/mol. The van der Waals surface area contributed by atoms with Crippen LogP contribution in [0, 0.1) is 5.92 Å². The topological polar surface area (TPSA) is 12.0 Å². The number of benzene rings is 1. The number of halogens is 3. The number of alkyl halides is 3. The fourth-order valence-electron chi connectivity index (χ4n) is 2.45. The molecule has 0 aromatic heterocycles. The monoisotopic (exact) mass is 243 g/mol. The molecule has 1 aliphatic heterocycles. The molecule has 0 bridgehead atoms. The zero-order valence-corrected chi connectivity index (χ0v) is 9.72. The average Bonchev–Trinajstić information content (AvgIpc) is 2.29. The van der Waals surface area contributed by atoms with E-state index in [1.165, 1.54) is 12.1 Å². The van der Waals surface area contributed by atoms with E-state index in [4.69, 9.17) is 0 Å². The number of rotatable bonds is 1. The Labute approximate surface area is 99.0 Å². The van der Waals surface area contributed by atoms with Crippen LogP contribution in [-0.2, 0) is 6.18 Å². The van der Waals surface area contributed by atoms with Crippen LogP contribution in [0.25, 0.3) is 0 Å². The largest absolute Gasteiger partial charge is 0.416 e. The van der Waals surface area contributed by atoms with Crippen LogP contribution in [0.5, 0.6) is 0 Å². The Morgan fingerprint density at radius 2 is 2.06 bits per heavy atom. The van der Waals surface area contributed by atoms with E-state index in [1.54, 1.807) is 0 Å². The molecule has 0 radical (unpaired) electrons. The predicted octanol–water partition coefficient (Wildman–Crippen LogP) is 3.42. The SMILES string of the molecule is CC1CNCCC1c1cccc(C(F)(F)F)c1. The zero-order valence-electron chi connectivity index (χ0n) is 9.72. The molecular formula is C13H16F3N. The molecule has 4 heteroatoms. The molecule has 1 aromatic carbocycles. The molecular weight excluding hydrogens is 227 g/mol. The van der Waals surface area contributed by atoms with Gasteiger partial charge in [-0.3, -0.25) is 0 Å². The fourth-order valence-corrected chi connectivity index (χ4v) is 2.45. The molecule has 2 atom stereocenters. The third-order valence-electron chi connectivity index (χ3n) is 3.43. The van der Waals surface area contributed by atoms with Crippen molar-refractivity contribution < 1.29 is 13.2 Å². The summed E-state index contributed by atoms with van der Waals surface area (Å²) in [6.45, 7) is 3.84. The van der Waals surface area contributed by atoms with Crippen molar-refractivity contribution in [1.29, 1.82) is 0 Å². The quantitative estimate of drug-likeness (QED) is 0.797. The summed E-state index contributed by atoms with van der Waals surface area (Å²) in [6.07, 6.45) is -3.34. The summed E-state index contributed by atoms with van der Waals surface area (Å²) in [5.41, 5.74) is 0.273. The molecule has 2 rings (SSSR count). The molecule has 0 spiro atoms. The van der Waals surface area contributed by atoms with Gasteiger partial charge in [0.2, 0.25) is 0 Å². The summed E-state index contributed by atoms with van der Waals surface area (Å²) < 4.78 is 37.9. The molecule has 1 fully saturated rings. The Morgan fingerprint density at radius 1 is 1.29 bits per heavy atom. The standard InChI is InChI=1S/C13H16F3N/c1-9-8-17-6-5-12(9)10-3-2-4-11(7-10)13(14,15)16/h2-4,7,9,12,17H,5-6,8H2,1H3. The second-order valence-corrected chi connectivity index (χ2v) is 4.70. The average molecular weight is 243 g/mol. The Kier molecular flexibility index (Phi) is 3.43. The van der Waals surface area contributed by atoms with E-state index in [0.717, 1.165) is 31.1 Å². The Bertz CT molecular complexity index is 386. The number of hydrogen-bond donors (Lipinski definition) is 1. The molecule has 0 saturated carbocycles. The summed E-state index contributed by atoms with van der Waals surface area (Å²) in [5, 5.41) is 3.26. The van der Waals surface area contributed by atoms with Gasteiger partial charge in [0, 0.05) is 0 Å². The van der Waals surface area contributed by atoms with Gasteiger partial charge in [0.1, 0.15) is 0 Å². The lowest BCUT2D eigenvalue weighted by Gasteiger charge is -2.30. The van der Waals surface area contributed by atoms with Crippen LogP contribution in [0.15, 0.2) is 24.3 Å². The lowest BCUT2D eigenvalue weighted by molar-refractivity contribution is -0.137. The minimum absolute atomic E-state index is 0.235. The normalized spacial score (nSPS) is 25.9. The Balaban J connectivity index is 2.26. The first-order valence-electron chi connectivity index (χ1n) is 5.86. The third-order valence-corrected chi connectivity index (χ3v) is 3.43. The summed E-state index contributed by atoms with van der Waals surface area (Å²) >= 11 is 0. The van der Waals surface area contributed by atoms with E-state index >= 15 is 0 Å². The zero-order chi connectivity index (χ0) is 12.5. The van der Waals surface area contributed by atoms with Gasteiger partial charge in [-0.25, -0.2) is 0 Å². The van der Waals surface area contributed by atoms with Crippen molar-refractivity contribution in [1.82, 2.24) is 5.32 Å². The highest BCUT2D eigenvalue weighted by molar-refractivity contribution is 5.29. The smallest absolute Gasteiger partial charge is 0.316 e. The number of hydrogen-bond acceptors (Lipinski definition) is 1. The van der Waals surface area contributed by atoms with Gasteiger partial charge >= 0.3 is 6.18 Å². The maximum atomic E-state index is 12.6. The van der Waals surface area contributed by atoms with Gasteiger partial charge in [0.15, 0.2) is 0 Å². The summed E-state index contributed by atoms with van der Waals surface area (Å²) in [4.78, 5) is 0. The highest BCUT2D eigenvalue weighted by atomic mass is 19.4. The van der Waals surface area contributed by atoms with E-state index in [9.17, 15) is 13.2 Å². The van der Waals surface area contributed by atoms with Crippen molar-refractivity contribution in [3.63, 3.8) is 0 Å². The first-order chi connectivity index (χ1) is 7.98. The maximum absolute atomic E-state index is 12.6. The van der Waals surface area contributed by atoms with E-state index < -0.39 is 11.7 Å². The molecule has 1 saturated heterocycles. The summed E-state index contributed by atoms with van der Waals surface area (Å²) in [6, 6.07) is 5.75. The lowest BCUT2D eigenvalue weighted by Crippen LogP contribution is -2.33. The molecule has 0 amide bonds. The third kappa shape index (κ3) is 2.80. The first kappa shape index (κ1) is 12.4. The Hall–Kier alpha value is -1.03. The molecule has 2 unspecified atom stereocenters. The lowest BCUT2D eigenvalue weighted by atomic mass is 9.82. The molecule has 1 N–H and O–H groups in total. The maximum Gasteiger partial charge on any atom is 0.416 e. The molecule has 94 valence electrons. The minimum Gasteiger partial charge on any atom is -0.316 e. The van der Waals surface area contributed by atoms with Crippen molar-refractivity contribution in [2.75, 3.05) is 13.1 Å². The molecule has 1 nitrogen and oxygen atoms in total.